The van der Waals surface area contributed by atoms with Crippen LogP contribution in [-0.4, -0.2) is 42.5 Å². The predicted molar refractivity (Wildman–Crippen MR) is 83.6 cm³/mol. The number of ether oxygens (including phenoxy) is 1. The van der Waals surface area contributed by atoms with Crippen molar-refractivity contribution in [3.8, 4) is 0 Å². The van der Waals surface area contributed by atoms with E-state index in [1.807, 2.05) is 4.90 Å². The first-order chi connectivity index (χ1) is 10.7. The summed E-state index contributed by atoms with van der Waals surface area (Å²) < 4.78 is 5.23. The summed E-state index contributed by atoms with van der Waals surface area (Å²) in [6.45, 7) is 5.46. The topological polar surface area (TPSA) is 58.6 Å². The quantitative estimate of drug-likeness (QED) is 0.818. The van der Waals surface area contributed by atoms with Crippen LogP contribution >= 0.6 is 0 Å². The lowest BCUT2D eigenvalue weighted by atomic mass is 10.1. The smallest absolute Gasteiger partial charge is 0.254 e. The summed E-state index contributed by atoms with van der Waals surface area (Å²) in [6.07, 6.45) is 3.61. The van der Waals surface area contributed by atoms with Crippen LogP contribution < -0.4 is 5.32 Å². The number of carbonyl (C=O) groups is 2. The molecule has 1 saturated heterocycles. The minimum absolute atomic E-state index is 0.00917. The number of hydrogen-bond donors (Lipinski definition) is 1. The van der Waals surface area contributed by atoms with Gasteiger partial charge in [-0.1, -0.05) is 12.6 Å². The summed E-state index contributed by atoms with van der Waals surface area (Å²) in [4.78, 5) is 26.1. The van der Waals surface area contributed by atoms with Gasteiger partial charge < -0.3 is 15.0 Å². The molecule has 1 saturated carbocycles. The minimum atomic E-state index is -0.285. The summed E-state index contributed by atoms with van der Waals surface area (Å²) in [5, 5.41) is 2.68. The number of nitrogens with zero attached hydrogens (tertiary/aromatic N) is 1. The van der Waals surface area contributed by atoms with Crippen molar-refractivity contribution in [1.29, 1.82) is 0 Å². The number of hydrogen-bond acceptors (Lipinski definition) is 3. The Labute approximate surface area is 129 Å². The normalized spacial score (nSPS) is 17.5. The molecule has 1 aliphatic carbocycles. The maximum atomic E-state index is 12.8. The molecule has 3 rings (SSSR count). The minimum Gasteiger partial charge on any atom is -0.377 e. The molecule has 22 heavy (non-hydrogen) atoms. The number of anilines is 1. The molecule has 1 N–H and O–H groups in total. The van der Waals surface area contributed by atoms with E-state index in [2.05, 4.69) is 11.9 Å². The lowest BCUT2D eigenvalue weighted by Crippen LogP contribution is -2.52. The summed E-state index contributed by atoms with van der Waals surface area (Å²) in [6, 6.07) is 7.21. The Balaban J connectivity index is 1.75. The summed E-state index contributed by atoms with van der Waals surface area (Å²) in [5.74, 6) is 0.356. The average molecular weight is 300 g/mol. The highest BCUT2D eigenvalue weighted by molar-refractivity contribution is 6.00. The molecule has 5 nitrogen and oxygen atoms in total. The van der Waals surface area contributed by atoms with Gasteiger partial charge in [-0.05, 0) is 43.0 Å². The van der Waals surface area contributed by atoms with E-state index >= 15 is 0 Å². The molecule has 2 amide bonds. The molecule has 1 heterocycles. The van der Waals surface area contributed by atoms with Crippen LogP contribution in [0.2, 0.25) is 0 Å². The van der Waals surface area contributed by atoms with Crippen molar-refractivity contribution >= 4 is 17.5 Å². The Kier molecular flexibility index (Phi) is 4.24. The first-order valence-corrected chi connectivity index (χ1v) is 7.59. The van der Waals surface area contributed by atoms with E-state index in [1.54, 1.807) is 24.3 Å². The molecule has 1 aromatic carbocycles. The first-order valence-electron chi connectivity index (χ1n) is 7.59. The highest BCUT2D eigenvalue weighted by atomic mass is 16.5. The Morgan fingerprint density at radius 2 is 2.14 bits per heavy atom. The van der Waals surface area contributed by atoms with Crippen molar-refractivity contribution in [1.82, 2.24) is 4.90 Å². The zero-order valence-electron chi connectivity index (χ0n) is 12.5. The average Bonchev–Trinajstić information content (AvgIpc) is 3.28. The van der Waals surface area contributed by atoms with E-state index in [0.717, 1.165) is 6.54 Å². The molecule has 0 bridgehead atoms. The third-order valence-corrected chi connectivity index (χ3v) is 4.04. The second-order valence-corrected chi connectivity index (χ2v) is 5.87. The van der Waals surface area contributed by atoms with Crippen molar-refractivity contribution in [2.45, 2.75) is 18.9 Å². The summed E-state index contributed by atoms with van der Waals surface area (Å²) >= 11 is 0. The first kappa shape index (κ1) is 14.8. The van der Waals surface area contributed by atoms with Crippen LogP contribution in [0.25, 0.3) is 0 Å². The fourth-order valence-corrected chi connectivity index (χ4v) is 2.47. The van der Waals surface area contributed by atoms with Crippen LogP contribution in [0, 0.1) is 5.92 Å². The molecule has 2 aliphatic rings. The van der Waals surface area contributed by atoms with Gasteiger partial charge in [0.1, 0.15) is 0 Å². The molecule has 1 aromatic rings. The second-order valence-electron chi connectivity index (χ2n) is 5.87. The lowest BCUT2D eigenvalue weighted by molar-refractivity contribution is -0.111. The number of carbonyl (C=O) groups excluding carboxylic acids is 2. The maximum absolute atomic E-state index is 12.8. The third kappa shape index (κ3) is 3.36. The molecule has 1 aliphatic heterocycles. The molecular formula is C17H20N2O3. The van der Waals surface area contributed by atoms with Gasteiger partial charge in [-0.25, -0.2) is 0 Å². The van der Waals surface area contributed by atoms with Gasteiger partial charge >= 0.3 is 0 Å². The molecule has 2 fully saturated rings. The van der Waals surface area contributed by atoms with E-state index in [-0.39, 0.29) is 17.9 Å². The van der Waals surface area contributed by atoms with E-state index in [1.165, 1.54) is 18.9 Å². The van der Waals surface area contributed by atoms with Gasteiger partial charge in [-0.15, -0.1) is 0 Å². The zero-order chi connectivity index (χ0) is 15.5. The zero-order valence-corrected chi connectivity index (χ0v) is 12.5. The van der Waals surface area contributed by atoms with Crippen LogP contribution in [0.1, 0.15) is 23.2 Å². The Bertz CT molecular complexity index is 591. The van der Waals surface area contributed by atoms with Crippen molar-refractivity contribution in [3.63, 3.8) is 0 Å². The maximum Gasteiger partial charge on any atom is 0.254 e. The molecule has 0 atom stereocenters. The van der Waals surface area contributed by atoms with Crippen LogP contribution in [0.3, 0.4) is 0 Å². The van der Waals surface area contributed by atoms with Gasteiger partial charge in [-0.3, -0.25) is 9.59 Å². The number of amides is 2. The van der Waals surface area contributed by atoms with E-state index in [9.17, 15) is 9.59 Å². The third-order valence-electron chi connectivity index (χ3n) is 4.04. The second kappa shape index (κ2) is 6.32. The number of rotatable bonds is 6. The number of nitrogens with one attached hydrogen (secondary N) is 1. The molecular weight excluding hydrogens is 280 g/mol. The Hall–Kier alpha value is -2.14. The van der Waals surface area contributed by atoms with Gasteiger partial charge in [0.15, 0.2) is 0 Å². The van der Waals surface area contributed by atoms with Crippen molar-refractivity contribution in [2.24, 2.45) is 5.92 Å². The van der Waals surface area contributed by atoms with Gasteiger partial charge in [0, 0.05) is 17.8 Å². The van der Waals surface area contributed by atoms with Gasteiger partial charge in [0.05, 0.1) is 19.3 Å². The fraction of sp³-hybridized carbons (Fsp3) is 0.412. The number of benzene rings is 1. The molecule has 0 spiro atoms. The van der Waals surface area contributed by atoms with E-state index in [0.29, 0.717) is 30.4 Å². The predicted octanol–water partition coefficient (Wildman–Crippen LogP) is 2.06. The van der Waals surface area contributed by atoms with E-state index in [4.69, 9.17) is 4.74 Å². The van der Waals surface area contributed by atoms with Crippen molar-refractivity contribution < 1.29 is 14.3 Å². The van der Waals surface area contributed by atoms with Crippen LogP contribution in [0.4, 0.5) is 5.69 Å². The SMILES string of the molecule is C=CC(=O)Nc1cccc(C(=O)N(CC2CC2)C2COC2)c1. The van der Waals surface area contributed by atoms with Crippen LogP contribution in [0.15, 0.2) is 36.9 Å². The van der Waals surface area contributed by atoms with Gasteiger partial charge in [-0.2, -0.15) is 0 Å². The Morgan fingerprint density at radius 1 is 1.36 bits per heavy atom. The molecule has 5 heteroatoms. The molecule has 0 unspecified atom stereocenters. The highest BCUT2D eigenvalue weighted by Gasteiger charge is 2.35. The summed E-state index contributed by atoms with van der Waals surface area (Å²) in [7, 11) is 0. The standard InChI is InChI=1S/C17H20N2O3/c1-2-16(20)18-14-5-3-4-13(8-14)17(21)19(9-12-6-7-12)15-10-22-11-15/h2-5,8,12,15H,1,6-7,9-11H2,(H,18,20). The molecule has 116 valence electrons. The highest BCUT2D eigenvalue weighted by Crippen LogP contribution is 2.31. The largest absolute Gasteiger partial charge is 0.377 e. The van der Waals surface area contributed by atoms with Gasteiger partial charge in [0.2, 0.25) is 5.91 Å². The van der Waals surface area contributed by atoms with Gasteiger partial charge in [0.25, 0.3) is 5.91 Å². The molecule has 0 radical (unpaired) electrons. The monoisotopic (exact) mass is 300 g/mol. The Morgan fingerprint density at radius 3 is 2.73 bits per heavy atom. The molecule has 0 aromatic heterocycles. The van der Waals surface area contributed by atoms with Crippen LogP contribution in [0.5, 0.6) is 0 Å². The van der Waals surface area contributed by atoms with Crippen LogP contribution in [-0.2, 0) is 9.53 Å². The van der Waals surface area contributed by atoms with Crippen molar-refractivity contribution in [3.05, 3.63) is 42.5 Å². The lowest BCUT2D eigenvalue weighted by Gasteiger charge is -2.37. The summed E-state index contributed by atoms with van der Waals surface area (Å²) in [5.41, 5.74) is 1.20. The van der Waals surface area contributed by atoms with Crippen molar-refractivity contribution in [2.75, 3.05) is 25.1 Å². The fourth-order valence-electron chi connectivity index (χ4n) is 2.47. The van der Waals surface area contributed by atoms with E-state index < -0.39 is 0 Å².